The lowest BCUT2D eigenvalue weighted by Crippen LogP contribution is -2.22. The van der Waals surface area contributed by atoms with E-state index >= 15 is 0 Å². The van der Waals surface area contributed by atoms with Gasteiger partial charge in [0, 0.05) is 21.6 Å². The van der Waals surface area contributed by atoms with Crippen LogP contribution in [-0.4, -0.2) is 0 Å². The van der Waals surface area contributed by atoms with E-state index in [0.717, 1.165) is 34.1 Å². The maximum absolute atomic E-state index is 3.93. The number of hydrogen-bond acceptors (Lipinski definition) is 4. The number of fused-ring (bicyclic) bond motifs is 10. The Bertz CT molecular complexity index is 3670. The maximum Gasteiger partial charge on any atom is 0.0701 e. The van der Waals surface area contributed by atoms with Gasteiger partial charge < -0.3 is 20.4 Å². The van der Waals surface area contributed by atoms with Gasteiger partial charge in [-0.1, -0.05) is 166 Å². The molecule has 10 aromatic carbocycles. The predicted molar refractivity (Wildman–Crippen MR) is 299 cm³/mol. The maximum atomic E-state index is 3.93. The zero-order valence-electron chi connectivity index (χ0n) is 41.9. The average Bonchev–Trinajstić information content (AvgIpc) is 3.70. The SMILES string of the molecule is CC(C)(C)c1cc(N2c3ccccc3Nc3cc4c(cc32)C(C)(C)c2ccccc2-4)c2ccc3c(C(C)(C)C)cc(N4c5ccccc5Nc5cc6c(cc54)C(C)(C)c4ccccc4-6)c4ccc1c2c43. The molecule has 14 rings (SSSR count). The lowest BCUT2D eigenvalue weighted by Gasteiger charge is -2.38. The first-order valence-electron chi connectivity index (χ1n) is 25.2. The van der Waals surface area contributed by atoms with Crippen LogP contribution in [0.25, 0.3) is 54.6 Å². The van der Waals surface area contributed by atoms with Crippen LogP contribution in [0.2, 0.25) is 0 Å². The highest BCUT2D eigenvalue weighted by Crippen LogP contribution is 2.60. The molecule has 0 radical (unpaired) electrons. The summed E-state index contributed by atoms with van der Waals surface area (Å²) in [5.41, 5.74) is 24.4. The van der Waals surface area contributed by atoms with Crippen LogP contribution in [0.3, 0.4) is 0 Å². The highest BCUT2D eigenvalue weighted by molar-refractivity contribution is 6.30. The Morgan fingerprint density at radius 1 is 0.329 bits per heavy atom. The van der Waals surface area contributed by atoms with Crippen LogP contribution in [0.15, 0.2) is 158 Å². The standard InChI is InChI=1S/C66H58N4/c1-63(2,3)47-33-57(69-55-25-17-15-23-51(55)67-53-31-43-37-19-11-13-21-45(37)65(7,8)49(43)35-59(53)69)41-30-28-40-48(64(4,5)6)34-58(42-29-27-39(47)61(41)62(40)42)70-56-26-18-16-24-52(56)68-54-32-44-38-20-12-14-22-46(38)66(9,10)50(44)36-60(54)70/h11-36,67-68H,1-10H3. The van der Waals surface area contributed by atoms with Gasteiger partial charge in [0.2, 0.25) is 0 Å². The highest BCUT2D eigenvalue weighted by atomic mass is 15.2. The van der Waals surface area contributed by atoms with Crippen LogP contribution in [0.5, 0.6) is 0 Å². The van der Waals surface area contributed by atoms with Gasteiger partial charge in [-0.25, -0.2) is 0 Å². The van der Waals surface area contributed by atoms with Crippen molar-refractivity contribution < 1.29 is 0 Å². The number of rotatable bonds is 2. The quantitative estimate of drug-likeness (QED) is 0.169. The zero-order valence-corrected chi connectivity index (χ0v) is 41.9. The molecule has 0 aromatic heterocycles. The number of hydrogen-bond donors (Lipinski definition) is 2. The van der Waals surface area contributed by atoms with Crippen molar-refractivity contribution in [1.82, 2.24) is 0 Å². The Labute approximate surface area is 412 Å². The monoisotopic (exact) mass is 906 g/mol. The van der Waals surface area contributed by atoms with Crippen LogP contribution in [0, 0.1) is 0 Å². The lowest BCUT2D eigenvalue weighted by atomic mass is 9.77. The van der Waals surface area contributed by atoms with E-state index in [1.54, 1.807) is 0 Å². The van der Waals surface area contributed by atoms with Gasteiger partial charge in [0.25, 0.3) is 0 Å². The fourth-order valence-corrected chi connectivity index (χ4v) is 13.2. The summed E-state index contributed by atoms with van der Waals surface area (Å²) in [6.45, 7) is 23.9. The largest absolute Gasteiger partial charge is 0.352 e. The molecule has 0 unspecified atom stereocenters. The number of para-hydroxylation sites is 4. The molecule has 0 amide bonds. The van der Waals surface area contributed by atoms with E-state index in [4.69, 9.17) is 0 Å². The third-order valence-corrected chi connectivity index (χ3v) is 16.7. The third kappa shape index (κ3) is 5.42. The van der Waals surface area contributed by atoms with Gasteiger partial charge in [-0.05, 0) is 149 Å². The number of benzene rings is 10. The third-order valence-electron chi connectivity index (χ3n) is 16.7. The van der Waals surface area contributed by atoms with Crippen molar-refractivity contribution in [2.45, 2.75) is 90.9 Å². The molecule has 2 heterocycles. The summed E-state index contributed by atoms with van der Waals surface area (Å²) in [5, 5.41) is 15.6. The summed E-state index contributed by atoms with van der Waals surface area (Å²) in [6.07, 6.45) is 0. The molecule has 4 nitrogen and oxygen atoms in total. The van der Waals surface area contributed by atoms with Crippen molar-refractivity contribution in [2.24, 2.45) is 0 Å². The lowest BCUT2D eigenvalue weighted by molar-refractivity contribution is 0.595. The van der Waals surface area contributed by atoms with Crippen molar-refractivity contribution in [1.29, 1.82) is 0 Å². The minimum atomic E-state index is -0.161. The Morgan fingerprint density at radius 3 is 1.11 bits per heavy atom. The first-order chi connectivity index (χ1) is 33.5. The Kier molecular flexibility index (Phi) is 8.05. The molecule has 2 N–H and O–H groups in total. The molecule has 2 aliphatic heterocycles. The summed E-state index contributed by atoms with van der Waals surface area (Å²) in [5.74, 6) is 0. The van der Waals surface area contributed by atoms with Crippen molar-refractivity contribution in [3.63, 3.8) is 0 Å². The molecule has 70 heavy (non-hydrogen) atoms. The average molecular weight is 907 g/mol. The summed E-state index contributed by atoms with van der Waals surface area (Å²) in [4.78, 5) is 5.16. The van der Waals surface area contributed by atoms with E-state index in [9.17, 15) is 0 Å². The van der Waals surface area contributed by atoms with E-state index in [-0.39, 0.29) is 21.7 Å². The summed E-state index contributed by atoms with van der Waals surface area (Å²) < 4.78 is 0. The van der Waals surface area contributed by atoms with E-state index in [1.807, 2.05) is 0 Å². The Morgan fingerprint density at radius 2 is 0.700 bits per heavy atom. The van der Waals surface area contributed by atoms with Crippen LogP contribution in [-0.2, 0) is 21.7 Å². The van der Waals surface area contributed by atoms with Gasteiger partial charge >= 0.3 is 0 Å². The predicted octanol–water partition coefficient (Wildman–Crippen LogP) is 18.8. The minimum absolute atomic E-state index is 0.149. The molecule has 10 aromatic rings. The molecule has 342 valence electrons. The number of nitrogens with zero attached hydrogens (tertiary/aromatic N) is 2. The van der Waals surface area contributed by atoms with Crippen LogP contribution in [0.4, 0.5) is 56.9 Å². The van der Waals surface area contributed by atoms with E-state index in [0.29, 0.717) is 0 Å². The summed E-state index contributed by atoms with van der Waals surface area (Å²) in [7, 11) is 0. The molecule has 0 spiro atoms. The van der Waals surface area contributed by atoms with Crippen molar-refractivity contribution in [2.75, 3.05) is 20.4 Å². The topological polar surface area (TPSA) is 30.5 Å². The molecule has 0 bridgehead atoms. The van der Waals surface area contributed by atoms with Gasteiger partial charge in [-0.3, -0.25) is 0 Å². The second-order valence-electron chi connectivity index (χ2n) is 23.6. The first-order valence-corrected chi connectivity index (χ1v) is 25.2. The molecule has 4 heteroatoms. The Balaban J connectivity index is 1.08. The molecule has 0 saturated carbocycles. The first kappa shape index (κ1) is 41.4. The fourth-order valence-electron chi connectivity index (χ4n) is 13.2. The molecule has 4 aliphatic rings. The van der Waals surface area contributed by atoms with Gasteiger partial charge in [0.1, 0.15) is 0 Å². The number of nitrogens with one attached hydrogen (secondary N) is 2. The Hall–Kier alpha value is -7.56. The smallest absolute Gasteiger partial charge is 0.0701 e. The fraction of sp³-hybridized carbons (Fsp3) is 0.212. The molecular weight excluding hydrogens is 849 g/mol. The van der Waals surface area contributed by atoms with Crippen LogP contribution in [0.1, 0.15) is 103 Å². The normalized spacial score (nSPS) is 15.7. The van der Waals surface area contributed by atoms with E-state index in [1.165, 1.54) is 111 Å². The molecular formula is C66H58N4. The van der Waals surface area contributed by atoms with Crippen LogP contribution < -0.4 is 20.4 Å². The minimum Gasteiger partial charge on any atom is -0.352 e. The van der Waals surface area contributed by atoms with Crippen LogP contribution >= 0.6 is 0 Å². The number of anilines is 10. The van der Waals surface area contributed by atoms with E-state index in [2.05, 4.69) is 247 Å². The molecule has 0 atom stereocenters. The van der Waals surface area contributed by atoms with E-state index < -0.39 is 0 Å². The van der Waals surface area contributed by atoms with Crippen molar-refractivity contribution >= 4 is 89.2 Å². The highest BCUT2D eigenvalue weighted by Gasteiger charge is 2.41. The summed E-state index contributed by atoms with van der Waals surface area (Å²) >= 11 is 0. The van der Waals surface area contributed by atoms with Gasteiger partial charge in [0.05, 0.1) is 56.9 Å². The van der Waals surface area contributed by atoms with Crippen molar-refractivity contribution in [3.8, 4) is 22.3 Å². The second-order valence-corrected chi connectivity index (χ2v) is 23.6. The second kappa shape index (κ2) is 13.6. The molecule has 0 saturated heterocycles. The zero-order chi connectivity index (χ0) is 48.0. The molecule has 0 fully saturated rings. The van der Waals surface area contributed by atoms with Gasteiger partial charge in [0.15, 0.2) is 0 Å². The summed E-state index contributed by atoms with van der Waals surface area (Å²) in [6, 6.07) is 60.3. The van der Waals surface area contributed by atoms with Crippen molar-refractivity contribution in [3.05, 3.63) is 191 Å². The van der Waals surface area contributed by atoms with Gasteiger partial charge in [-0.2, -0.15) is 0 Å². The molecule has 2 aliphatic carbocycles. The van der Waals surface area contributed by atoms with Gasteiger partial charge in [-0.15, -0.1) is 0 Å².